The number of phosphoric ester groups is 2. The standard InChI is InChI=1S/C71H138O17P2/c1-9-64(8)50-42-34-25-18-15-16-20-28-38-46-54-71(76)87-66(57-81-68(73)51-43-35-26-22-21-24-32-40-48-62(4)5)59-85-89(77,78)83-55-65(72)56-84-90(79,80)86-60-67(58-82-69(74)52-44-36-30-29-33-41-49-63(6)7)88-70(75)53-45-37-27-19-14-12-10-11-13-17-23-31-39-47-61(2)3/h61-67,72H,9-60H2,1-8H3,(H,77,78)(H,79,80)/t64?,65?,66-,67-/m1/s1. The third-order valence-corrected chi connectivity index (χ3v) is 18.6. The van der Waals surface area contributed by atoms with E-state index in [2.05, 4.69) is 55.4 Å². The molecule has 0 heterocycles. The summed E-state index contributed by atoms with van der Waals surface area (Å²) in [5.41, 5.74) is 0. The van der Waals surface area contributed by atoms with Gasteiger partial charge in [0.05, 0.1) is 26.4 Å². The van der Waals surface area contributed by atoms with Crippen molar-refractivity contribution >= 4 is 39.5 Å². The molecule has 0 radical (unpaired) electrons. The highest BCUT2D eigenvalue weighted by molar-refractivity contribution is 7.47. The largest absolute Gasteiger partial charge is 0.472 e. The number of carbonyl (C=O) groups is 4. The van der Waals surface area contributed by atoms with E-state index in [1.54, 1.807) is 0 Å². The monoisotopic (exact) mass is 1320 g/mol. The van der Waals surface area contributed by atoms with Crippen LogP contribution in [0.2, 0.25) is 0 Å². The van der Waals surface area contributed by atoms with Crippen molar-refractivity contribution in [3.8, 4) is 0 Å². The van der Waals surface area contributed by atoms with Gasteiger partial charge in [-0.2, -0.15) is 0 Å². The molecule has 4 unspecified atom stereocenters. The van der Waals surface area contributed by atoms with Crippen molar-refractivity contribution in [3.63, 3.8) is 0 Å². The van der Waals surface area contributed by atoms with Crippen LogP contribution in [0.5, 0.6) is 0 Å². The Balaban J connectivity index is 5.24. The van der Waals surface area contributed by atoms with Crippen LogP contribution in [-0.2, 0) is 65.4 Å². The minimum atomic E-state index is -4.95. The molecule has 0 fully saturated rings. The van der Waals surface area contributed by atoms with Crippen molar-refractivity contribution in [1.82, 2.24) is 0 Å². The molecule has 0 aromatic carbocycles. The van der Waals surface area contributed by atoms with Crippen molar-refractivity contribution in [1.29, 1.82) is 0 Å². The maximum atomic E-state index is 13.0. The molecular weight excluding hydrogens is 1190 g/mol. The number of rotatable bonds is 68. The number of ether oxygens (including phenoxy) is 4. The summed E-state index contributed by atoms with van der Waals surface area (Å²) in [5, 5.41) is 10.6. The molecule has 0 aliphatic carbocycles. The van der Waals surface area contributed by atoms with E-state index in [1.807, 2.05) is 0 Å². The molecule has 0 amide bonds. The molecule has 0 saturated carbocycles. The molecule has 0 aromatic rings. The fourth-order valence-electron chi connectivity index (χ4n) is 10.6. The number of aliphatic hydroxyl groups is 1. The maximum Gasteiger partial charge on any atom is 0.472 e. The van der Waals surface area contributed by atoms with Gasteiger partial charge in [0.1, 0.15) is 19.3 Å². The SMILES string of the molecule is CCC(C)CCCCCCCCCCCCC(=O)O[C@H](COC(=O)CCCCCCCCCCC(C)C)COP(=O)(O)OCC(O)COP(=O)(O)OC[C@@H](COC(=O)CCCCCCCCC(C)C)OC(=O)CCCCCCCCCCCCCCCC(C)C. The number of aliphatic hydroxyl groups excluding tert-OH is 1. The van der Waals surface area contributed by atoms with Crippen LogP contribution < -0.4 is 0 Å². The molecule has 0 aliphatic heterocycles. The first-order valence-corrected chi connectivity index (χ1v) is 39.7. The summed E-state index contributed by atoms with van der Waals surface area (Å²) in [6.45, 7) is 14.1. The van der Waals surface area contributed by atoms with Gasteiger partial charge >= 0.3 is 39.5 Å². The highest BCUT2D eigenvalue weighted by Crippen LogP contribution is 2.45. The summed E-state index contributed by atoms with van der Waals surface area (Å²) in [7, 11) is -9.90. The third-order valence-electron chi connectivity index (χ3n) is 16.7. The van der Waals surface area contributed by atoms with Gasteiger partial charge in [0.15, 0.2) is 12.2 Å². The second kappa shape index (κ2) is 60.7. The van der Waals surface area contributed by atoms with Crippen molar-refractivity contribution < 1.29 is 80.2 Å². The first kappa shape index (κ1) is 88.1. The summed E-state index contributed by atoms with van der Waals surface area (Å²) >= 11 is 0. The zero-order valence-corrected chi connectivity index (χ0v) is 60.6. The predicted molar refractivity (Wildman–Crippen MR) is 363 cm³/mol. The van der Waals surface area contributed by atoms with Crippen molar-refractivity contribution in [2.24, 2.45) is 23.7 Å². The lowest BCUT2D eigenvalue weighted by atomic mass is 9.99. The molecule has 0 rings (SSSR count). The summed E-state index contributed by atoms with van der Waals surface area (Å²) in [4.78, 5) is 72.5. The molecule has 17 nitrogen and oxygen atoms in total. The van der Waals surface area contributed by atoms with E-state index in [-0.39, 0.29) is 25.7 Å². The second-order valence-corrected chi connectivity index (χ2v) is 30.2. The van der Waals surface area contributed by atoms with Crippen molar-refractivity contribution in [3.05, 3.63) is 0 Å². The van der Waals surface area contributed by atoms with E-state index in [0.717, 1.165) is 114 Å². The molecule has 0 spiro atoms. The zero-order chi connectivity index (χ0) is 66.8. The van der Waals surface area contributed by atoms with Gasteiger partial charge in [-0.1, -0.05) is 299 Å². The highest BCUT2D eigenvalue weighted by atomic mass is 31.2. The van der Waals surface area contributed by atoms with Gasteiger partial charge in [0, 0.05) is 25.7 Å². The quantitative estimate of drug-likeness (QED) is 0.0222. The number of carbonyl (C=O) groups excluding carboxylic acids is 4. The molecular formula is C71H138O17P2. The van der Waals surface area contributed by atoms with E-state index in [0.29, 0.717) is 31.6 Å². The van der Waals surface area contributed by atoms with Crippen molar-refractivity contribution in [2.75, 3.05) is 39.6 Å². The lowest BCUT2D eigenvalue weighted by Crippen LogP contribution is -2.30. The Morgan fingerprint density at radius 1 is 0.311 bits per heavy atom. The first-order valence-electron chi connectivity index (χ1n) is 36.7. The Labute approximate surface area is 549 Å². The van der Waals surface area contributed by atoms with Crippen LogP contribution in [0.4, 0.5) is 0 Å². The minimum absolute atomic E-state index is 0.105. The van der Waals surface area contributed by atoms with Gasteiger partial charge in [-0.05, 0) is 49.4 Å². The Bertz CT molecular complexity index is 1780. The van der Waals surface area contributed by atoms with Crippen LogP contribution in [0.1, 0.15) is 351 Å². The topological polar surface area (TPSA) is 237 Å². The summed E-state index contributed by atoms with van der Waals surface area (Å²) in [6.07, 6.45) is 43.1. The third kappa shape index (κ3) is 63.5. The van der Waals surface area contributed by atoms with Crippen molar-refractivity contribution in [2.45, 2.75) is 369 Å². The normalized spacial score (nSPS) is 14.6. The lowest BCUT2D eigenvalue weighted by molar-refractivity contribution is -0.161. The van der Waals surface area contributed by atoms with E-state index in [4.69, 9.17) is 37.0 Å². The number of phosphoric acid groups is 2. The summed E-state index contributed by atoms with van der Waals surface area (Å²) < 4.78 is 68.3. The Kier molecular flexibility index (Phi) is 59.4. The van der Waals surface area contributed by atoms with E-state index >= 15 is 0 Å². The van der Waals surface area contributed by atoms with Crippen LogP contribution in [0, 0.1) is 23.7 Å². The molecule has 0 bridgehead atoms. The van der Waals surface area contributed by atoms with Crippen LogP contribution in [-0.4, -0.2) is 96.7 Å². The number of esters is 4. The smallest absolute Gasteiger partial charge is 0.462 e. The van der Waals surface area contributed by atoms with Crippen LogP contribution in [0.3, 0.4) is 0 Å². The minimum Gasteiger partial charge on any atom is -0.462 e. The van der Waals surface area contributed by atoms with Gasteiger partial charge in [-0.15, -0.1) is 0 Å². The van der Waals surface area contributed by atoms with Gasteiger partial charge < -0.3 is 33.8 Å². The summed E-state index contributed by atoms with van der Waals surface area (Å²) in [5.74, 6) is 0.865. The second-order valence-electron chi connectivity index (χ2n) is 27.3. The fourth-order valence-corrected chi connectivity index (χ4v) is 12.2. The highest BCUT2D eigenvalue weighted by Gasteiger charge is 2.30. The number of hydrogen-bond acceptors (Lipinski definition) is 15. The number of unbranched alkanes of at least 4 members (excludes halogenated alkanes) is 33. The van der Waals surface area contributed by atoms with Gasteiger partial charge in [0.25, 0.3) is 0 Å². The van der Waals surface area contributed by atoms with Crippen LogP contribution >= 0.6 is 15.6 Å². The van der Waals surface area contributed by atoms with E-state index in [1.165, 1.54) is 148 Å². The Morgan fingerprint density at radius 2 is 0.533 bits per heavy atom. The Hall–Kier alpha value is -1.94. The molecule has 0 aromatic heterocycles. The molecule has 0 aliphatic rings. The van der Waals surface area contributed by atoms with Gasteiger partial charge in [-0.25, -0.2) is 9.13 Å². The van der Waals surface area contributed by atoms with Gasteiger partial charge in [-0.3, -0.25) is 37.3 Å². The first-order chi connectivity index (χ1) is 43.1. The maximum absolute atomic E-state index is 13.0. The van der Waals surface area contributed by atoms with E-state index in [9.17, 15) is 43.2 Å². The molecule has 6 atom stereocenters. The molecule has 534 valence electrons. The molecule has 0 saturated heterocycles. The van der Waals surface area contributed by atoms with E-state index < -0.39 is 97.5 Å². The summed E-state index contributed by atoms with van der Waals surface area (Å²) in [6, 6.07) is 0. The van der Waals surface area contributed by atoms with Gasteiger partial charge in [0.2, 0.25) is 0 Å². The Morgan fingerprint density at radius 3 is 0.789 bits per heavy atom. The van der Waals surface area contributed by atoms with Crippen LogP contribution in [0.25, 0.3) is 0 Å². The number of hydrogen-bond donors (Lipinski definition) is 3. The van der Waals surface area contributed by atoms with Crippen LogP contribution in [0.15, 0.2) is 0 Å². The molecule has 90 heavy (non-hydrogen) atoms. The fraction of sp³-hybridized carbons (Fsp3) is 0.944. The predicted octanol–water partition coefficient (Wildman–Crippen LogP) is 20.1. The average Bonchev–Trinajstić information content (AvgIpc) is 3.66. The molecule has 19 heteroatoms. The molecule has 3 N–H and O–H groups in total. The zero-order valence-electron chi connectivity index (χ0n) is 58.8. The average molecular weight is 1330 g/mol. The lowest BCUT2D eigenvalue weighted by Gasteiger charge is -2.21.